The molecule has 0 radical (unpaired) electrons. The summed E-state index contributed by atoms with van der Waals surface area (Å²) in [5.74, 6) is -0.463. The maximum atomic E-state index is 13.7. The Hall–Kier alpha value is -2.37. The lowest BCUT2D eigenvalue weighted by Crippen LogP contribution is -2.06. The van der Waals surface area contributed by atoms with Gasteiger partial charge in [-0.25, -0.2) is 4.39 Å². The van der Waals surface area contributed by atoms with E-state index in [0.29, 0.717) is 16.8 Å². The Morgan fingerprint density at radius 3 is 2.24 bits per heavy atom. The standard InChI is InChI=1S/C15H12F4N2/c16-14-7-10(8-20)1-2-11(14)9-21-13-5-3-12(4-6-13)15(17,18)19/h1-8,20-21H,9H2. The lowest BCUT2D eigenvalue weighted by molar-refractivity contribution is -0.137. The van der Waals surface area contributed by atoms with Crippen molar-refractivity contribution in [3.05, 3.63) is 65.0 Å². The molecule has 2 aromatic carbocycles. The minimum atomic E-state index is -4.37. The summed E-state index contributed by atoms with van der Waals surface area (Å²) in [4.78, 5) is 0. The molecular weight excluding hydrogens is 284 g/mol. The smallest absolute Gasteiger partial charge is 0.381 e. The fourth-order valence-electron chi connectivity index (χ4n) is 1.77. The number of rotatable bonds is 4. The van der Waals surface area contributed by atoms with Crippen molar-refractivity contribution in [1.29, 1.82) is 5.41 Å². The fraction of sp³-hybridized carbons (Fsp3) is 0.133. The molecule has 21 heavy (non-hydrogen) atoms. The molecule has 2 aromatic rings. The van der Waals surface area contributed by atoms with Crippen LogP contribution in [-0.2, 0) is 12.7 Å². The summed E-state index contributed by atoms with van der Waals surface area (Å²) >= 11 is 0. The Labute approximate surface area is 118 Å². The third kappa shape index (κ3) is 3.81. The first-order valence-corrected chi connectivity index (χ1v) is 6.10. The highest BCUT2D eigenvalue weighted by molar-refractivity contribution is 5.76. The van der Waals surface area contributed by atoms with E-state index in [1.165, 1.54) is 24.3 Å². The van der Waals surface area contributed by atoms with E-state index in [0.717, 1.165) is 18.3 Å². The Kier molecular flexibility index (Phi) is 4.26. The molecule has 0 aromatic heterocycles. The highest BCUT2D eigenvalue weighted by Crippen LogP contribution is 2.29. The summed E-state index contributed by atoms with van der Waals surface area (Å²) in [6, 6.07) is 8.90. The molecule has 0 saturated heterocycles. The monoisotopic (exact) mass is 296 g/mol. The average Bonchev–Trinajstić information content (AvgIpc) is 2.45. The average molecular weight is 296 g/mol. The van der Waals surface area contributed by atoms with Gasteiger partial charge in [0.15, 0.2) is 0 Å². The predicted molar refractivity (Wildman–Crippen MR) is 73.1 cm³/mol. The molecule has 0 fully saturated rings. The molecule has 2 N–H and O–H groups in total. The van der Waals surface area contributed by atoms with Crippen LogP contribution in [0.4, 0.5) is 23.2 Å². The number of alkyl halides is 3. The van der Waals surface area contributed by atoms with E-state index < -0.39 is 17.6 Å². The Morgan fingerprint density at radius 1 is 1.05 bits per heavy atom. The molecule has 0 amide bonds. The van der Waals surface area contributed by atoms with E-state index in [1.54, 1.807) is 6.07 Å². The molecular formula is C15H12F4N2. The zero-order chi connectivity index (χ0) is 15.5. The van der Waals surface area contributed by atoms with E-state index in [4.69, 9.17) is 5.41 Å². The minimum Gasteiger partial charge on any atom is -0.381 e. The van der Waals surface area contributed by atoms with Gasteiger partial charge in [0.25, 0.3) is 0 Å². The normalized spacial score (nSPS) is 11.2. The van der Waals surface area contributed by atoms with Gasteiger partial charge in [0, 0.05) is 24.0 Å². The minimum absolute atomic E-state index is 0.148. The third-order valence-electron chi connectivity index (χ3n) is 2.94. The van der Waals surface area contributed by atoms with Crippen LogP contribution in [0.5, 0.6) is 0 Å². The summed E-state index contributed by atoms with van der Waals surface area (Å²) in [6.07, 6.45) is -3.33. The Balaban J connectivity index is 2.05. The second-order valence-corrected chi connectivity index (χ2v) is 4.42. The van der Waals surface area contributed by atoms with Crippen LogP contribution >= 0.6 is 0 Å². The van der Waals surface area contributed by atoms with Gasteiger partial charge in [-0.3, -0.25) is 0 Å². The van der Waals surface area contributed by atoms with E-state index in [-0.39, 0.29) is 6.54 Å². The number of hydrogen-bond donors (Lipinski definition) is 2. The van der Waals surface area contributed by atoms with Crippen molar-refractivity contribution in [3.8, 4) is 0 Å². The van der Waals surface area contributed by atoms with Gasteiger partial charge in [0.05, 0.1) is 5.56 Å². The van der Waals surface area contributed by atoms with Crippen molar-refractivity contribution in [3.63, 3.8) is 0 Å². The molecule has 0 bridgehead atoms. The molecule has 110 valence electrons. The summed E-state index contributed by atoms with van der Waals surface area (Å²) in [6.45, 7) is 0.148. The molecule has 0 heterocycles. The Bertz CT molecular complexity index is 633. The number of hydrogen-bond acceptors (Lipinski definition) is 2. The van der Waals surface area contributed by atoms with Crippen molar-refractivity contribution in [2.45, 2.75) is 12.7 Å². The summed E-state index contributed by atoms with van der Waals surface area (Å²) in [5, 5.41) is 9.87. The molecule has 0 unspecified atom stereocenters. The highest BCUT2D eigenvalue weighted by Gasteiger charge is 2.29. The number of benzene rings is 2. The van der Waals surface area contributed by atoms with Crippen LogP contribution in [0, 0.1) is 11.2 Å². The number of halogens is 4. The van der Waals surface area contributed by atoms with Gasteiger partial charge >= 0.3 is 6.18 Å². The van der Waals surface area contributed by atoms with Crippen LogP contribution in [0.2, 0.25) is 0 Å². The molecule has 2 nitrogen and oxygen atoms in total. The second-order valence-electron chi connectivity index (χ2n) is 4.42. The molecule has 2 rings (SSSR count). The van der Waals surface area contributed by atoms with Crippen LogP contribution in [0.15, 0.2) is 42.5 Å². The number of anilines is 1. The summed E-state index contributed by atoms with van der Waals surface area (Å²) in [7, 11) is 0. The summed E-state index contributed by atoms with van der Waals surface area (Å²) < 4.78 is 50.9. The van der Waals surface area contributed by atoms with Crippen molar-refractivity contribution >= 4 is 11.9 Å². The molecule has 0 aliphatic heterocycles. The summed E-state index contributed by atoms with van der Waals surface area (Å²) in [5.41, 5.74) is 0.569. The van der Waals surface area contributed by atoms with Gasteiger partial charge in [-0.1, -0.05) is 12.1 Å². The zero-order valence-electron chi connectivity index (χ0n) is 10.8. The predicted octanol–water partition coefficient (Wildman–Crippen LogP) is 4.45. The molecule has 0 atom stereocenters. The fourth-order valence-corrected chi connectivity index (χ4v) is 1.77. The maximum absolute atomic E-state index is 13.7. The van der Waals surface area contributed by atoms with Crippen LogP contribution in [0.3, 0.4) is 0 Å². The number of nitrogens with one attached hydrogen (secondary N) is 2. The van der Waals surface area contributed by atoms with E-state index in [1.807, 2.05) is 0 Å². The Morgan fingerprint density at radius 2 is 1.71 bits per heavy atom. The first kappa shape index (κ1) is 15.0. The SMILES string of the molecule is N=Cc1ccc(CNc2ccc(C(F)(F)F)cc2)c(F)c1. The van der Waals surface area contributed by atoms with Crippen molar-refractivity contribution in [2.75, 3.05) is 5.32 Å². The van der Waals surface area contributed by atoms with Gasteiger partial charge in [-0.2, -0.15) is 13.2 Å². The van der Waals surface area contributed by atoms with Crippen LogP contribution in [0.1, 0.15) is 16.7 Å². The van der Waals surface area contributed by atoms with Crippen molar-refractivity contribution in [2.24, 2.45) is 0 Å². The quantitative estimate of drug-likeness (QED) is 0.634. The molecule has 6 heteroatoms. The lowest BCUT2D eigenvalue weighted by atomic mass is 10.1. The van der Waals surface area contributed by atoms with E-state index in [2.05, 4.69) is 5.32 Å². The molecule has 0 spiro atoms. The first-order chi connectivity index (χ1) is 9.90. The van der Waals surface area contributed by atoms with Crippen LogP contribution in [0.25, 0.3) is 0 Å². The van der Waals surface area contributed by atoms with Gasteiger partial charge in [0.1, 0.15) is 5.82 Å². The topological polar surface area (TPSA) is 35.9 Å². The van der Waals surface area contributed by atoms with Gasteiger partial charge < -0.3 is 10.7 Å². The van der Waals surface area contributed by atoms with Gasteiger partial charge in [-0.05, 0) is 35.9 Å². The molecule has 0 saturated carbocycles. The van der Waals surface area contributed by atoms with Crippen molar-refractivity contribution in [1.82, 2.24) is 0 Å². The molecule has 0 aliphatic carbocycles. The third-order valence-corrected chi connectivity index (χ3v) is 2.94. The first-order valence-electron chi connectivity index (χ1n) is 6.10. The largest absolute Gasteiger partial charge is 0.416 e. The van der Waals surface area contributed by atoms with Crippen LogP contribution in [-0.4, -0.2) is 6.21 Å². The second kappa shape index (κ2) is 5.95. The van der Waals surface area contributed by atoms with E-state index >= 15 is 0 Å². The van der Waals surface area contributed by atoms with Gasteiger partial charge in [0.2, 0.25) is 0 Å². The highest BCUT2D eigenvalue weighted by atomic mass is 19.4. The molecule has 0 aliphatic rings. The van der Waals surface area contributed by atoms with Crippen molar-refractivity contribution < 1.29 is 17.6 Å². The van der Waals surface area contributed by atoms with E-state index in [9.17, 15) is 17.6 Å². The lowest BCUT2D eigenvalue weighted by Gasteiger charge is -2.10. The zero-order valence-corrected chi connectivity index (χ0v) is 10.8. The van der Waals surface area contributed by atoms with Gasteiger partial charge in [-0.15, -0.1) is 0 Å². The van der Waals surface area contributed by atoms with Crippen LogP contribution < -0.4 is 5.32 Å². The maximum Gasteiger partial charge on any atom is 0.416 e.